The molecule has 7 nitrogen and oxygen atoms in total. The molecule has 4 rings (SSSR count). The fourth-order valence-corrected chi connectivity index (χ4v) is 5.07. The van der Waals surface area contributed by atoms with Crippen LogP contribution in [0.15, 0.2) is 105 Å². The molecule has 0 atom stereocenters. The number of carbonyl (C=O) groups excluding carboxylic acids is 1. The third-order valence-electron chi connectivity index (χ3n) is 5.46. The predicted octanol–water partition coefficient (Wildman–Crippen LogP) is 5.96. The van der Waals surface area contributed by atoms with E-state index in [0.717, 1.165) is 22.7 Å². The van der Waals surface area contributed by atoms with Crippen LogP contribution < -0.4 is 5.43 Å². The summed E-state index contributed by atoms with van der Waals surface area (Å²) in [6, 6.07) is 22.0. The molecule has 1 heterocycles. The molecule has 39 heavy (non-hydrogen) atoms. The highest BCUT2D eigenvalue weighted by Crippen LogP contribution is 2.32. The number of rotatable bonds is 9. The number of sulfonamides is 1. The molecule has 0 unspecified atom stereocenters. The van der Waals surface area contributed by atoms with Gasteiger partial charge in [0.2, 0.25) is 10.0 Å². The van der Waals surface area contributed by atoms with E-state index < -0.39 is 34.2 Å². The number of carbonyl (C=O) groups is 1. The molecular formula is C27H21ClF3N3O4S. The molecule has 3 aromatic carbocycles. The Balaban J connectivity index is 1.45. The lowest BCUT2D eigenvalue weighted by atomic mass is 10.1. The summed E-state index contributed by atoms with van der Waals surface area (Å²) in [4.78, 5) is 12.6. The van der Waals surface area contributed by atoms with Crippen molar-refractivity contribution in [2.24, 2.45) is 5.10 Å². The summed E-state index contributed by atoms with van der Waals surface area (Å²) in [5, 5.41) is 4.16. The quantitative estimate of drug-likeness (QED) is 0.197. The number of hydrazone groups is 1. The van der Waals surface area contributed by atoms with Crippen LogP contribution in [0, 0.1) is 0 Å². The molecule has 0 saturated heterocycles. The van der Waals surface area contributed by atoms with E-state index in [-0.39, 0.29) is 28.5 Å². The fraction of sp³-hybridized carbons (Fsp3) is 0.111. The average molecular weight is 576 g/mol. The minimum absolute atomic E-state index is 0.0307. The van der Waals surface area contributed by atoms with E-state index >= 15 is 0 Å². The Bertz CT molecular complexity index is 1570. The normalized spacial score (nSPS) is 12.2. The number of hydrogen-bond donors (Lipinski definition) is 1. The molecule has 0 aliphatic carbocycles. The summed E-state index contributed by atoms with van der Waals surface area (Å²) < 4.78 is 72.1. The Morgan fingerprint density at radius 3 is 2.38 bits per heavy atom. The summed E-state index contributed by atoms with van der Waals surface area (Å²) in [5.74, 6) is -0.376. The first-order chi connectivity index (χ1) is 18.5. The third-order valence-corrected chi connectivity index (χ3v) is 7.51. The fourth-order valence-electron chi connectivity index (χ4n) is 3.56. The van der Waals surface area contributed by atoms with Crippen molar-refractivity contribution >= 4 is 33.7 Å². The summed E-state index contributed by atoms with van der Waals surface area (Å²) in [5.41, 5.74) is 2.33. The maximum absolute atomic E-state index is 13.3. The SMILES string of the molecule is O=C(CN(Cc1ccccc1)S(=O)(=O)c1ccc(Cl)cc1)N/N=C\c1ccc(-c2cccc(C(F)(F)F)c2)o1. The third kappa shape index (κ3) is 7.34. The number of amides is 1. The first-order valence-electron chi connectivity index (χ1n) is 11.4. The van der Waals surface area contributed by atoms with Gasteiger partial charge in [0.15, 0.2) is 0 Å². The number of benzene rings is 3. The van der Waals surface area contributed by atoms with E-state index in [2.05, 4.69) is 10.5 Å². The number of halogens is 4. The Labute approximate surface area is 227 Å². The van der Waals surface area contributed by atoms with Crippen molar-refractivity contribution in [1.82, 2.24) is 9.73 Å². The van der Waals surface area contributed by atoms with Gasteiger partial charge >= 0.3 is 6.18 Å². The van der Waals surface area contributed by atoms with Crippen LogP contribution in [0.25, 0.3) is 11.3 Å². The lowest BCUT2D eigenvalue weighted by Crippen LogP contribution is -2.39. The zero-order valence-corrected chi connectivity index (χ0v) is 21.7. The maximum Gasteiger partial charge on any atom is 0.416 e. The van der Waals surface area contributed by atoms with E-state index in [1.807, 2.05) is 0 Å². The predicted molar refractivity (Wildman–Crippen MR) is 140 cm³/mol. The second-order valence-electron chi connectivity index (χ2n) is 8.29. The van der Waals surface area contributed by atoms with Gasteiger partial charge in [0.25, 0.3) is 5.91 Å². The summed E-state index contributed by atoms with van der Waals surface area (Å²) >= 11 is 5.88. The van der Waals surface area contributed by atoms with Gasteiger partial charge in [-0.05, 0) is 54.1 Å². The van der Waals surface area contributed by atoms with Gasteiger partial charge in [-0.2, -0.15) is 22.6 Å². The average Bonchev–Trinajstić information content (AvgIpc) is 3.38. The van der Waals surface area contributed by atoms with Gasteiger partial charge in [-0.1, -0.05) is 54.1 Å². The molecule has 0 fully saturated rings. The molecule has 202 valence electrons. The first kappa shape index (κ1) is 28.1. The maximum atomic E-state index is 13.3. The minimum atomic E-state index is -4.49. The van der Waals surface area contributed by atoms with Gasteiger partial charge in [0.05, 0.1) is 23.2 Å². The highest BCUT2D eigenvalue weighted by atomic mass is 35.5. The smallest absolute Gasteiger partial charge is 0.416 e. The molecule has 1 aromatic heterocycles. The van der Waals surface area contributed by atoms with Crippen molar-refractivity contribution in [3.05, 3.63) is 113 Å². The van der Waals surface area contributed by atoms with Gasteiger partial charge in [0.1, 0.15) is 11.5 Å². The largest absolute Gasteiger partial charge is 0.455 e. The van der Waals surface area contributed by atoms with E-state index in [0.29, 0.717) is 10.6 Å². The number of nitrogens with one attached hydrogen (secondary N) is 1. The second kappa shape index (κ2) is 11.9. The summed E-state index contributed by atoms with van der Waals surface area (Å²) in [6.45, 7) is -0.605. The van der Waals surface area contributed by atoms with Crippen LogP contribution in [-0.2, 0) is 27.5 Å². The van der Waals surface area contributed by atoms with E-state index in [4.69, 9.17) is 16.0 Å². The van der Waals surface area contributed by atoms with Crippen LogP contribution in [-0.4, -0.2) is 31.4 Å². The molecule has 0 saturated carbocycles. The van der Waals surface area contributed by atoms with Gasteiger partial charge in [0, 0.05) is 17.1 Å². The van der Waals surface area contributed by atoms with Crippen LogP contribution in [0.5, 0.6) is 0 Å². The van der Waals surface area contributed by atoms with Crippen LogP contribution >= 0.6 is 11.6 Å². The van der Waals surface area contributed by atoms with Crippen LogP contribution in [0.2, 0.25) is 5.02 Å². The Morgan fingerprint density at radius 1 is 0.974 bits per heavy atom. The van der Waals surface area contributed by atoms with Gasteiger partial charge < -0.3 is 4.42 Å². The van der Waals surface area contributed by atoms with E-state index in [9.17, 15) is 26.4 Å². The van der Waals surface area contributed by atoms with Gasteiger partial charge in [-0.3, -0.25) is 4.79 Å². The molecule has 0 aliphatic rings. The second-order valence-corrected chi connectivity index (χ2v) is 10.7. The Kier molecular flexibility index (Phi) is 8.54. The van der Waals surface area contributed by atoms with Crippen molar-refractivity contribution < 1.29 is 30.8 Å². The van der Waals surface area contributed by atoms with Crippen molar-refractivity contribution in [2.75, 3.05) is 6.54 Å². The highest BCUT2D eigenvalue weighted by Gasteiger charge is 2.30. The standard InChI is InChI=1S/C27H21ClF3N3O4S/c28-22-9-12-24(13-10-22)39(36,37)34(17-19-5-2-1-3-6-19)18-26(35)33-32-16-23-11-14-25(38-23)20-7-4-8-21(15-20)27(29,30)31/h1-16H,17-18H2,(H,33,35)/b32-16-. The molecule has 12 heteroatoms. The number of nitrogens with zero attached hydrogens (tertiary/aromatic N) is 2. The topological polar surface area (TPSA) is 92.0 Å². The molecular weight excluding hydrogens is 555 g/mol. The minimum Gasteiger partial charge on any atom is -0.455 e. The molecule has 0 spiro atoms. The molecule has 1 amide bonds. The van der Waals surface area contributed by atoms with Crippen molar-refractivity contribution in [3.63, 3.8) is 0 Å². The molecule has 0 aliphatic heterocycles. The monoisotopic (exact) mass is 575 g/mol. The van der Waals surface area contributed by atoms with Gasteiger partial charge in [-0.15, -0.1) is 0 Å². The van der Waals surface area contributed by atoms with E-state index in [1.54, 1.807) is 30.3 Å². The van der Waals surface area contributed by atoms with Gasteiger partial charge in [-0.25, -0.2) is 13.8 Å². The molecule has 1 N–H and O–H groups in total. The Hall–Kier alpha value is -3.93. The zero-order chi connectivity index (χ0) is 28.0. The van der Waals surface area contributed by atoms with Crippen LogP contribution in [0.1, 0.15) is 16.9 Å². The first-order valence-corrected chi connectivity index (χ1v) is 13.2. The number of furan rings is 1. The van der Waals surface area contributed by atoms with Crippen LogP contribution in [0.4, 0.5) is 13.2 Å². The van der Waals surface area contributed by atoms with Crippen LogP contribution in [0.3, 0.4) is 0 Å². The van der Waals surface area contributed by atoms with Crippen molar-refractivity contribution in [1.29, 1.82) is 0 Å². The number of alkyl halides is 3. The highest BCUT2D eigenvalue weighted by molar-refractivity contribution is 7.89. The molecule has 0 bridgehead atoms. The zero-order valence-electron chi connectivity index (χ0n) is 20.1. The number of hydrogen-bond acceptors (Lipinski definition) is 5. The lowest BCUT2D eigenvalue weighted by Gasteiger charge is -2.21. The molecule has 4 aromatic rings. The lowest BCUT2D eigenvalue weighted by molar-refractivity contribution is -0.137. The van der Waals surface area contributed by atoms with Crippen molar-refractivity contribution in [2.45, 2.75) is 17.6 Å². The summed E-state index contributed by atoms with van der Waals surface area (Å²) in [6.07, 6.45) is -3.34. The molecule has 0 radical (unpaired) electrons. The van der Waals surface area contributed by atoms with Crippen molar-refractivity contribution in [3.8, 4) is 11.3 Å². The Morgan fingerprint density at radius 2 is 1.69 bits per heavy atom. The summed E-state index contributed by atoms with van der Waals surface area (Å²) in [7, 11) is -4.07. The van der Waals surface area contributed by atoms with E-state index in [1.165, 1.54) is 48.5 Å².